The molecule has 5 heteroatoms. The first-order valence-corrected chi connectivity index (χ1v) is 7.25. The number of hydrogen-bond acceptors (Lipinski definition) is 4. The molecule has 0 aliphatic heterocycles. The van der Waals surface area contributed by atoms with Crippen molar-refractivity contribution < 1.29 is 0 Å². The highest BCUT2D eigenvalue weighted by molar-refractivity contribution is 5.48. The number of nitrogens with one attached hydrogen (secondary N) is 1. The van der Waals surface area contributed by atoms with Crippen LogP contribution in [-0.4, -0.2) is 25.8 Å². The molecule has 1 N–H and O–H groups in total. The minimum Gasteiger partial charge on any atom is -0.365 e. The zero-order valence-electron chi connectivity index (χ0n) is 12.3. The first-order chi connectivity index (χ1) is 9.65. The molecule has 2 aromatic heterocycles. The third-order valence-corrected chi connectivity index (χ3v) is 4.11. The molecule has 1 aliphatic rings. The Balaban J connectivity index is 1.76. The highest BCUT2D eigenvalue weighted by atomic mass is 15.3. The lowest BCUT2D eigenvalue weighted by molar-refractivity contribution is 0.442. The first kappa shape index (κ1) is 13.1. The summed E-state index contributed by atoms with van der Waals surface area (Å²) in [5, 5.41) is 7.93. The molecule has 2 atom stereocenters. The molecular weight excluding hydrogens is 250 g/mol. The van der Waals surface area contributed by atoms with Crippen molar-refractivity contribution in [3.8, 4) is 0 Å². The lowest BCUT2D eigenvalue weighted by Crippen LogP contribution is -2.28. The largest absolute Gasteiger partial charge is 0.365 e. The molecule has 0 amide bonds. The van der Waals surface area contributed by atoms with Crippen LogP contribution in [-0.2, 0) is 12.8 Å². The second-order valence-corrected chi connectivity index (χ2v) is 5.67. The summed E-state index contributed by atoms with van der Waals surface area (Å²) in [6.07, 6.45) is 8.99. The van der Waals surface area contributed by atoms with E-state index in [4.69, 9.17) is 0 Å². The van der Waals surface area contributed by atoms with Crippen LogP contribution >= 0.6 is 0 Å². The van der Waals surface area contributed by atoms with E-state index in [1.807, 2.05) is 10.9 Å². The molecule has 0 spiro atoms. The number of anilines is 1. The summed E-state index contributed by atoms with van der Waals surface area (Å²) in [7, 11) is 0. The molecule has 2 heterocycles. The highest BCUT2D eigenvalue weighted by Crippen LogP contribution is 2.26. The molecule has 1 aliphatic carbocycles. The Labute approximate surface area is 119 Å². The molecule has 106 valence electrons. The maximum Gasteiger partial charge on any atom is 0.133 e. The van der Waals surface area contributed by atoms with Gasteiger partial charge in [-0.05, 0) is 45.6 Å². The van der Waals surface area contributed by atoms with Gasteiger partial charge >= 0.3 is 0 Å². The van der Waals surface area contributed by atoms with Crippen LogP contribution < -0.4 is 5.32 Å². The number of hydrogen-bond donors (Lipinski definition) is 1. The molecule has 0 aromatic carbocycles. The Hall–Kier alpha value is -1.91. The third-order valence-electron chi connectivity index (χ3n) is 4.11. The highest BCUT2D eigenvalue weighted by Gasteiger charge is 2.20. The lowest BCUT2D eigenvalue weighted by atomic mass is 10.1. The van der Waals surface area contributed by atoms with Gasteiger partial charge in [-0.25, -0.2) is 9.97 Å². The number of rotatable bonds is 4. The average Bonchev–Trinajstić information content (AvgIpc) is 3.06. The van der Waals surface area contributed by atoms with Gasteiger partial charge in [0.05, 0.1) is 12.2 Å². The van der Waals surface area contributed by atoms with Crippen molar-refractivity contribution in [3.63, 3.8) is 0 Å². The molecule has 0 unspecified atom stereocenters. The normalized spacial score (nSPS) is 16.8. The maximum atomic E-state index is 4.42. The van der Waals surface area contributed by atoms with Crippen molar-refractivity contribution in [2.45, 2.75) is 52.1 Å². The average molecular weight is 271 g/mol. The Bertz CT molecular complexity index is 604. The van der Waals surface area contributed by atoms with Crippen molar-refractivity contribution in [1.29, 1.82) is 0 Å². The Kier molecular flexibility index (Phi) is 3.42. The van der Waals surface area contributed by atoms with Crippen LogP contribution in [0.25, 0.3) is 0 Å². The number of fused-ring (bicyclic) bond motifs is 1. The number of nitrogens with zero attached hydrogens (tertiary/aromatic N) is 4. The van der Waals surface area contributed by atoms with Gasteiger partial charge in [-0.3, -0.25) is 4.68 Å². The van der Waals surface area contributed by atoms with Crippen LogP contribution in [0, 0.1) is 6.92 Å². The summed E-state index contributed by atoms with van der Waals surface area (Å²) >= 11 is 0. The van der Waals surface area contributed by atoms with Crippen LogP contribution in [0.5, 0.6) is 0 Å². The fourth-order valence-corrected chi connectivity index (χ4v) is 2.71. The van der Waals surface area contributed by atoms with Gasteiger partial charge in [0.15, 0.2) is 0 Å². The molecule has 0 radical (unpaired) electrons. The summed E-state index contributed by atoms with van der Waals surface area (Å²) in [6.45, 7) is 6.41. The minimum atomic E-state index is 0.258. The van der Waals surface area contributed by atoms with E-state index >= 15 is 0 Å². The topological polar surface area (TPSA) is 55.6 Å². The van der Waals surface area contributed by atoms with Crippen LogP contribution in [0.15, 0.2) is 18.7 Å². The molecule has 3 rings (SSSR count). The second kappa shape index (κ2) is 5.23. The summed E-state index contributed by atoms with van der Waals surface area (Å²) in [4.78, 5) is 8.78. The fraction of sp³-hybridized carbons (Fsp3) is 0.533. The summed E-state index contributed by atoms with van der Waals surface area (Å²) in [5.41, 5.74) is 3.69. The van der Waals surface area contributed by atoms with Crippen molar-refractivity contribution in [2.75, 3.05) is 5.32 Å². The Morgan fingerprint density at radius 2 is 2.10 bits per heavy atom. The molecule has 2 aromatic rings. The molecule has 5 nitrogen and oxygen atoms in total. The van der Waals surface area contributed by atoms with Crippen LogP contribution in [0.2, 0.25) is 0 Å². The summed E-state index contributed by atoms with van der Waals surface area (Å²) in [6, 6.07) is 0.532. The van der Waals surface area contributed by atoms with Crippen molar-refractivity contribution in [1.82, 2.24) is 19.7 Å². The molecule has 0 saturated heterocycles. The Morgan fingerprint density at radius 1 is 1.25 bits per heavy atom. The first-order valence-electron chi connectivity index (χ1n) is 7.25. The van der Waals surface area contributed by atoms with Gasteiger partial charge < -0.3 is 5.32 Å². The zero-order chi connectivity index (χ0) is 14.1. The van der Waals surface area contributed by atoms with E-state index in [9.17, 15) is 0 Å². The van der Waals surface area contributed by atoms with E-state index in [2.05, 4.69) is 47.4 Å². The van der Waals surface area contributed by atoms with Gasteiger partial charge in [0.25, 0.3) is 0 Å². The van der Waals surface area contributed by atoms with Crippen molar-refractivity contribution in [3.05, 3.63) is 35.5 Å². The summed E-state index contributed by atoms with van der Waals surface area (Å²) < 4.78 is 2.01. The quantitative estimate of drug-likeness (QED) is 0.928. The monoisotopic (exact) mass is 271 g/mol. The van der Waals surface area contributed by atoms with Crippen LogP contribution in [0.3, 0.4) is 0 Å². The van der Waals surface area contributed by atoms with Gasteiger partial charge in [-0.15, -0.1) is 0 Å². The van der Waals surface area contributed by atoms with Gasteiger partial charge in [0.1, 0.15) is 12.1 Å². The molecular formula is C15H21N5. The lowest BCUT2D eigenvalue weighted by Gasteiger charge is -2.23. The fourth-order valence-electron chi connectivity index (χ4n) is 2.71. The third kappa shape index (κ3) is 2.40. The van der Waals surface area contributed by atoms with Gasteiger partial charge in [-0.1, -0.05) is 0 Å². The van der Waals surface area contributed by atoms with Gasteiger partial charge in [0.2, 0.25) is 0 Å². The van der Waals surface area contributed by atoms with E-state index in [1.165, 1.54) is 23.2 Å². The minimum absolute atomic E-state index is 0.258. The summed E-state index contributed by atoms with van der Waals surface area (Å²) in [5.74, 6) is 0.996. The number of aromatic nitrogens is 4. The van der Waals surface area contributed by atoms with Gasteiger partial charge in [0, 0.05) is 23.5 Å². The maximum absolute atomic E-state index is 4.42. The second-order valence-electron chi connectivity index (χ2n) is 5.67. The van der Waals surface area contributed by atoms with Crippen LogP contribution in [0.1, 0.15) is 43.1 Å². The smallest absolute Gasteiger partial charge is 0.133 e. The molecule has 0 fully saturated rings. The van der Waals surface area contributed by atoms with E-state index in [0.29, 0.717) is 0 Å². The van der Waals surface area contributed by atoms with E-state index in [-0.39, 0.29) is 12.1 Å². The molecule has 0 saturated carbocycles. The molecule has 0 bridgehead atoms. The van der Waals surface area contributed by atoms with Crippen molar-refractivity contribution >= 4 is 5.82 Å². The SMILES string of the molecule is Cc1cnn([C@@H](C)[C@@H](C)Nc2ncnc3c2CCC3)c1. The van der Waals surface area contributed by atoms with Crippen molar-refractivity contribution in [2.24, 2.45) is 0 Å². The standard InChI is InChI=1S/C15H21N5/c1-10-7-18-20(8-10)12(3)11(2)19-15-13-5-4-6-14(13)16-9-17-15/h7-9,11-12H,4-6H2,1-3H3,(H,16,17,19)/t11-,12+/m1/s1. The zero-order valence-corrected chi connectivity index (χ0v) is 12.3. The Morgan fingerprint density at radius 3 is 2.85 bits per heavy atom. The van der Waals surface area contributed by atoms with Crippen LogP contribution in [0.4, 0.5) is 5.82 Å². The van der Waals surface area contributed by atoms with E-state index in [1.54, 1.807) is 6.33 Å². The molecule has 20 heavy (non-hydrogen) atoms. The number of aryl methyl sites for hydroxylation is 2. The van der Waals surface area contributed by atoms with E-state index < -0.39 is 0 Å². The predicted molar refractivity (Wildman–Crippen MR) is 78.8 cm³/mol. The predicted octanol–water partition coefficient (Wildman–Crippen LogP) is 2.53. The van der Waals surface area contributed by atoms with E-state index in [0.717, 1.165) is 18.7 Å². The van der Waals surface area contributed by atoms with Gasteiger partial charge in [-0.2, -0.15) is 5.10 Å².